The number of aryl methyl sites for hydroxylation is 1. The Labute approximate surface area is 116 Å². The van der Waals surface area contributed by atoms with Crippen molar-refractivity contribution in [2.24, 2.45) is 5.92 Å². The number of rotatable bonds is 4. The Morgan fingerprint density at radius 2 is 2.21 bits per heavy atom. The van der Waals surface area contributed by atoms with E-state index in [1.807, 2.05) is 17.5 Å². The third-order valence-electron chi connectivity index (χ3n) is 3.03. The number of hydrogen-bond donors (Lipinski definition) is 1. The summed E-state index contributed by atoms with van der Waals surface area (Å²) < 4.78 is 1.46. The highest BCUT2D eigenvalue weighted by Crippen LogP contribution is 2.31. The lowest BCUT2D eigenvalue weighted by Crippen LogP contribution is -2.26. The van der Waals surface area contributed by atoms with Gasteiger partial charge in [0.2, 0.25) is 0 Å². The number of hydrogen-bond acceptors (Lipinski definition) is 4. The van der Waals surface area contributed by atoms with Gasteiger partial charge >= 0.3 is 0 Å². The highest BCUT2D eigenvalue weighted by Gasteiger charge is 2.15. The van der Waals surface area contributed by atoms with Gasteiger partial charge < -0.3 is 5.11 Å². The Bertz CT molecular complexity index is 615. The molecule has 0 amide bonds. The SMILES string of the molecule is Cc1c(O)c(-c2cccs2)nn(CCC(C)C)c1=O. The van der Waals surface area contributed by atoms with Gasteiger partial charge in [0.1, 0.15) is 5.69 Å². The molecule has 4 nitrogen and oxygen atoms in total. The molecule has 0 bridgehead atoms. The maximum Gasteiger partial charge on any atom is 0.273 e. The lowest BCUT2D eigenvalue weighted by molar-refractivity contribution is 0.440. The molecule has 0 aromatic carbocycles. The van der Waals surface area contributed by atoms with Gasteiger partial charge in [-0.15, -0.1) is 11.3 Å². The summed E-state index contributed by atoms with van der Waals surface area (Å²) in [6.45, 7) is 6.44. The van der Waals surface area contributed by atoms with Crippen LogP contribution in [0.2, 0.25) is 0 Å². The van der Waals surface area contributed by atoms with Crippen LogP contribution < -0.4 is 5.56 Å². The summed E-state index contributed by atoms with van der Waals surface area (Å²) in [6, 6.07) is 3.80. The largest absolute Gasteiger partial charge is 0.505 e. The van der Waals surface area contributed by atoms with Crippen molar-refractivity contribution in [1.82, 2.24) is 9.78 Å². The zero-order valence-electron chi connectivity index (χ0n) is 11.4. The van der Waals surface area contributed by atoms with Crippen LogP contribution in [0.25, 0.3) is 10.6 Å². The number of thiophene rings is 1. The highest BCUT2D eigenvalue weighted by atomic mass is 32.1. The van der Waals surface area contributed by atoms with Crippen LogP contribution in [0.3, 0.4) is 0 Å². The average molecular weight is 278 g/mol. The Kier molecular flexibility index (Phi) is 4.04. The first-order valence-electron chi connectivity index (χ1n) is 6.35. The van der Waals surface area contributed by atoms with Gasteiger partial charge in [0.25, 0.3) is 5.56 Å². The van der Waals surface area contributed by atoms with Crippen LogP contribution in [0.15, 0.2) is 22.3 Å². The standard InChI is InChI=1S/C14H18N2O2S/c1-9(2)6-7-16-14(18)10(3)13(17)12(15-16)11-5-4-8-19-11/h4-5,8-9,17H,6-7H2,1-3H3. The topological polar surface area (TPSA) is 55.1 Å². The van der Waals surface area contributed by atoms with Crippen molar-refractivity contribution >= 4 is 11.3 Å². The average Bonchev–Trinajstić information content (AvgIpc) is 2.89. The third-order valence-corrected chi connectivity index (χ3v) is 3.90. The van der Waals surface area contributed by atoms with Crippen molar-refractivity contribution in [3.63, 3.8) is 0 Å². The fourth-order valence-electron chi connectivity index (χ4n) is 1.80. The summed E-state index contributed by atoms with van der Waals surface area (Å²) >= 11 is 1.50. The predicted molar refractivity (Wildman–Crippen MR) is 77.7 cm³/mol. The summed E-state index contributed by atoms with van der Waals surface area (Å²) in [5.74, 6) is 0.501. The van der Waals surface area contributed by atoms with E-state index < -0.39 is 0 Å². The summed E-state index contributed by atoms with van der Waals surface area (Å²) in [5, 5.41) is 16.3. The molecule has 2 aromatic heterocycles. The Balaban J connectivity index is 2.48. The summed E-state index contributed by atoms with van der Waals surface area (Å²) in [4.78, 5) is 12.9. The van der Waals surface area contributed by atoms with Crippen LogP contribution in [0.5, 0.6) is 5.75 Å². The minimum Gasteiger partial charge on any atom is -0.505 e. The zero-order chi connectivity index (χ0) is 14.0. The van der Waals surface area contributed by atoms with Crippen molar-refractivity contribution in [1.29, 1.82) is 0 Å². The quantitative estimate of drug-likeness (QED) is 0.935. The maximum atomic E-state index is 12.1. The van der Waals surface area contributed by atoms with Crippen molar-refractivity contribution in [2.45, 2.75) is 33.7 Å². The maximum absolute atomic E-state index is 12.1. The van der Waals surface area contributed by atoms with E-state index in [0.29, 0.717) is 23.7 Å². The van der Waals surface area contributed by atoms with E-state index in [2.05, 4.69) is 18.9 Å². The molecule has 0 saturated carbocycles. The Morgan fingerprint density at radius 1 is 1.47 bits per heavy atom. The Morgan fingerprint density at radius 3 is 2.79 bits per heavy atom. The van der Waals surface area contributed by atoms with Gasteiger partial charge in [-0.05, 0) is 30.7 Å². The van der Waals surface area contributed by atoms with Crippen LogP contribution in [-0.2, 0) is 6.54 Å². The van der Waals surface area contributed by atoms with Gasteiger partial charge in [-0.25, -0.2) is 4.68 Å². The second-order valence-corrected chi connectivity index (χ2v) is 5.96. The Hall–Kier alpha value is -1.62. The van der Waals surface area contributed by atoms with Gasteiger partial charge in [0, 0.05) is 6.54 Å². The lowest BCUT2D eigenvalue weighted by atomic mass is 10.1. The molecule has 5 heteroatoms. The van der Waals surface area contributed by atoms with E-state index in [1.54, 1.807) is 6.92 Å². The van der Waals surface area contributed by atoms with Crippen LogP contribution in [0.1, 0.15) is 25.8 Å². The smallest absolute Gasteiger partial charge is 0.273 e. The first-order chi connectivity index (χ1) is 9.00. The molecule has 102 valence electrons. The number of aromatic nitrogens is 2. The molecule has 2 heterocycles. The molecular weight excluding hydrogens is 260 g/mol. The van der Waals surface area contributed by atoms with Gasteiger partial charge in [0.15, 0.2) is 5.75 Å². The fraction of sp³-hybridized carbons (Fsp3) is 0.429. The van der Waals surface area contributed by atoms with E-state index in [1.165, 1.54) is 16.0 Å². The summed E-state index contributed by atoms with van der Waals surface area (Å²) in [5.41, 5.74) is 0.650. The van der Waals surface area contributed by atoms with Gasteiger partial charge in [0.05, 0.1) is 10.4 Å². The fourth-order valence-corrected chi connectivity index (χ4v) is 2.51. The molecule has 0 fully saturated rings. The normalized spacial score (nSPS) is 11.2. The summed E-state index contributed by atoms with van der Waals surface area (Å²) in [7, 11) is 0. The van der Waals surface area contributed by atoms with Crippen LogP contribution in [0, 0.1) is 12.8 Å². The zero-order valence-corrected chi connectivity index (χ0v) is 12.2. The lowest BCUT2D eigenvalue weighted by Gasteiger charge is -2.11. The number of nitrogens with zero attached hydrogens (tertiary/aromatic N) is 2. The van der Waals surface area contributed by atoms with Gasteiger partial charge in [-0.3, -0.25) is 4.79 Å². The second kappa shape index (κ2) is 5.57. The van der Waals surface area contributed by atoms with Gasteiger partial charge in [-0.2, -0.15) is 5.10 Å². The predicted octanol–water partition coefficient (Wildman–Crippen LogP) is 3.03. The van der Waals surface area contributed by atoms with Crippen molar-refractivity contribution in [2.75, 3.05) is 0 Å². The van der Waals surface area contributed by atoms with Crippen LogP contribution >= 0.6 is 11.3 Å². The molecule has 0 aliphatic heterocycles. The van der Waals surface area contributed by atoms with Crippen LogP contribution in [0.4, 0.5) is 0 Å². The first kappa shape index (κ1) is 13.8. The molecule has 1 N–H and O–H groups in total. The van der Waals surface area contributed by atoms with E-state index in [9.17, 15) is 9.90 Å². The van der Waals surface area contributed by atoms with Gasteiger partial charge in [-0.1, -0.05) is 19.9 Å². The minimum absolute atomic E-state index is 0.00625. The minimum atomic E-state index is -0.210. The molecule has 19 heavy (non-hydrogen) atoms. The molecule has 0 spiro atoms. The molecule has 0 saturated heterocycles. The van der Waals surface area contributed by atoms with E-state index in [4.69, 9.17) is 0 Å². The van der Waals surface area contributed by atoms with Crippen LogP contribution in [-0.4, -0.2) is 14.9 Å². The highest BCUT2D eigenvalue weighted by molar-refractivity contribution is 7.13. The monoisotopic (exact) mass is 278 g/mol. The molecule has 0 aliphatic carbocycles. The third kappa shape index (κ3) is 2.87. The van der Waals surface area contributed by atoms with Crippen molar-refractivity contribution in [3.05, 3.63) is 33.4 Å². The molecule has 2 rings (SSSR count). The molecule has 0 aliphatic rings. The molecule has 0 radical (unpaired) electrons. The molecular formula is C14H18N2O2S. The molecule has 2 aromatic rings. The van der Waals surface area contributed by atoms with Crippen molar-refractivity contribution in [3.8, 4) is 16.3 Å². The van der Waals surface area contributed by atoms with E-state index >= 15 is 0 Å². The summed E-state index contributed by atoms with van der Waals surface area (Å²) in [6.07, 6.45) is 0.890. The molecule has 0 unspecified atom stereocenters. The van der Waals surface area contributed by atoms with E-state index in [0.717, 1.165) is 11.3 Å². The van der Waals surface area contributed by atoms with Crippen molar-refractivity contribution < 1.29 is 5.11 Å². The van der Waals surface area contributed by atoms with E-state index in [-0.39, 0.29) is 11.3 Å². The second-order valence-electron chi connectivity index (χ2n) is 5.01. The molecule has 0 atom stereocenters. The number of aromatic hydroxyl groups is 1. The first-order valence-corrected chi connectivity index (χ1v) is 7.23.